The van der Waals surface area contributed by atoms with Crippen molar-refractivity contribution in [2.45, 2.75) is 6.92 Å². The molecule has 0 aliphatic carbocycles. The van der Waals surface area contributed by atoms with Gasteiger partial charge in [-0.15, -0.1) is 5.23 Å². The predicted molar refractivity (Wildman–Crippen MR) is 91.9 cm³/mol. The highest BCUT2D eigenvalue weighted by Gasteiger charge is 2.31. The number of phenolic OH excluding ortho intramolecular Hbond substituents is 1. The molecule has 0 radical (unpaired) electrons. The maximum absolute atomic E-state index is 12.2. The lowest BCUT2D eigenvalue weighted by Gasteiger charge is -2.20. The molecule has 0 bridgehead atoms. The minimum Gasteiger partial charge on any atom is -0.507 e. The van der Waals surface area contributed by atoms with E-state index in [1.807, 2.05) is 0 Å². The molecule has 150 valence electrons. The smallest absolute Gasteiger partial charge is 0.344 e. The summed E-state index contributed by atoms with van der Waals surface area (Å²) in [5.74, 6) is -5.13. The molecular formula is C17H17NO10. The van der Waals surface area contributed by atoms with Crippen LogP contribution >= 0.6 is 0 Å². The fourth-order valence-corrected chi connectivity index (χ4v) is 2.50. The number of aryl methyl sites for hydroxylation is 1. The highest BCUT2D eigenvalue weighted by Crippen LogP contribution is 2.46. The lowest BCUT2D eigenvalue weighted by Crippen LogP contribution is -2.18. The molecule has 0 amide bonds. The number of ether oxygens (including phenoxy) is 3. The van der Waals surface area contributed by atoms with Crippen molar-refractivity contribution in [2.75, 3.05) is 19.4 Å². The molecule has 0 atom stereocenters. The van der Waals surface area contributed by atoms with Crippen LogP contribution in [-0.2, 0) is 4.74 Å². The molecule has 11 nitrogen and oxygen atoms in total. The molecule has 0 saturated heterocycles. The number of phenols is 2. The number of nitrogens with zero attached hydrogens (tertiary/aromatic N) is 1. The van der Waals surface area contributed by atoms with E-state index >= 15 is 0 Å². The van der Waals surface area contributed by atoms with Gasteiger partial charge in [-0.3, -0.25) is 10.4 Å². The van der Waals surface area contributed by atoms with Gasteiger partial charge in [0.15, 0.2) is 17.2 Å². The summed E-state index contributed by atoms with van der Waals surface area (Å²) in [6.45, 7) is 1.56. The van der Waals surface area contributed by atoms with Crippen molar-refractivity contribution in [1.82, 2.24) is 0 Å². The first-order chi connectivity index (χ1) is 13.1. The van der Waals surface area contributed by atoms with Gasteiger partial charge in [-0.1, -0.05) is 0 Å². The number of esters is 1. The Kier molecular flexibility index (Phi) is 5.81. The van der Waals surface area contributed by atoms with Crippen molar-refractivity contribution in [3.8, 4) is 28.7 Å². The van der Waals surface area contributed by atoms with Gasteiger partial charge in [0.25, 0.3) is 0 Å². The van der Waals surface area contributed by atoms with Crippen LogP contribution in [0.5, 0.6) is 28.7 Å². The minimum atomic E-state index is -1.52. The van der Waals surface area contributed by atoms with Crippen LogP contribution in [-0.4, -0.2) is 51.9 Å². The van der Waals surface area contributed by atoms with Gasteiger partial charge in [-0.2, -0.15) is 0 Å². The minimum absolute atomic E-state index is 0.249. The molecule has 11 heteroatoms. The largest absolute Gasteiger partial charge is 0.507 e. The molecule has 0 saturated carbocycles. The number of rotatable bonds is 6. The summed E-state index contributed by atoms with van der Waals surface area (Å²) in [7, 11) is 2.16. The molecule has 28 heavy (non-hydrogen) atoms. The topological polar surface area (TPSA) is 166 Å². The van der Waals surface area contributed by atoms with E-state index in [1.54, 1.807) is 6.92 Å². The number of aromatic hydroxyl groups is 2. The standard InChI is InChI=1S/C17H17NO10/c1-7-4-8(19)12(16(21)22)10(5-7)28-15-11(26-2)6-9(20)14(18(24)25)13(15)17(23)27-3/h4-6,19-20,24-25H,1-3H3,(H,21,22). The van der Waals surface area contributed by atoms with Crippen LogP contribution in [0, 0.1) is 6.92 Å². The first-order valence-electron chi connectivity index (χ1n) is 7.57. The maximum Gasteiger partial charge on any atom is 0.344 e. The molecule has 2 aromatic carbocycles. The fourth-order valence-electron chi connectivity index (χ4n) is 2.50. The van der Waals surface area contributed by atoms with E-state index in [0.29, 0.717) is 5.56 Å². The van der Waals surface area contributed by atoms with E-state index < -0.39 is 51.2 Å². The number of carbonyl (C=O) groups is 2. The van der Waals surface area contributed by atoms with E-state index in [-0.39, 0.29) is 11.5 Å². The Hall–Kier alpha value is -3.70. The SMILES string of the molecule is COC(=O)c1c(Oc2cc(C)cc(O)c2C(=O)O)c(OC)cc(O)c1N(O)O. The van der Waals surface area contributed by atoms with Crippen molar-refractivity contribution in [2.24, 2.45) is 0 Å². The first kappa shape index (κ1) is 20.6. The second kappa shape index (κ2) is 7.90. The van der Waals surface area contributed by atoms with Crippen molar-refractivity contribution in [3.05, 3.63) is 34.9 Å². The first-order valence-corrected chi connectivity index (χ1v) is 7.57. The van der Waals surface area contributed by atoms with Gasteiger partial charge in [-0.25, -0.2) is 9.59 Å². The number of hydrogen-bond acceptors (Lipinski definition) is 10. The van der Waals surface area contributed by atoms with Gasteiger partial charge in [0.1, 0.15) is 28.4 Å². The molecular weight excluding hydrogens is 378 g/mol. The number of carbonyl (C=O) groups excluding carboxylic acids is 1. The number of anilines is 1. The maximum atomic E-state index is 12.2. The monoisotopic (exact) mass is 395 g/mol. The summed E-state index contributed by atoms with van der Waals surface area (Å²) in [5, 5.41) is 47.6. The van der Waals surface area contributed by atoms with Crippen LogP contribution < -0.4 is 14.7 Å². The summed E-state index contributed by atoms with van der Waals surface area (Å²) >= 11 is 0. The highest BCUT2D eigenvalue weighted by atomic mass is 16.8. The van der Waals surface area contributed by atoms with E-state index in [4.69, 9.17) is 9.47 Å². The van der Waals surface area contributed by atoms with Crippen molar-refractivity contribution in [1.29, 1.82) is 0 Å². The summed E-state index contributed by atoms with van der Waals surface area (Å²) < 4.78 is 15.2. The molecule has 0 fully saturated rings. The fraction of sp³-hybridized carbons (Fsp3) is 0.176. The van der Waals surface area contributed by atoms with Crippen molar-refractivity contribution in [3.63, 3.8) is 0 Å². The van der Waals surface area contributed by atoms with Crippen LogP contribution in [0.4, 0.5) is 5.69 Å². The predicted octanol–water partition coefficient (Wildman–Crippen LogP) is 2.28. The lowest BCUT2D eigenvalue weighted by atomic mass is 10.1. The number of benzene rings is 2. The average molecular weight is 395 g/mol. The van der Waals surface area contributed by atoms with Crippen LogP contribution in [0.1, 0.15) is 26.3 Å². The number of carboxylic acid groups (broad SMARTS) is 1. The normalized spacial score (nSPS) is 10.3. The van der Waals surface area contributed by atoms with Gasteiger partial charge < -0.3 is 29.5 Å². The zero-order valence-corrected chi connectivity index (χ0v) is 15.0. The Morgan fingerprint density at radius 1 is 0.964 bits per heavy atom. The summed E-state index contributed by atoms with van der Waals surface area (Å²) in [5.41, 5.74) is -1.64. The second-order valence-electron chi connectivity index (χ2n) is 5.50. The van der Waals surface area contributed by atoms with Crippen LogP contribution in [0.3, 0.4) is 0 Å². The Bertz CT molecular complexity index is 938. The number of methoxy groups -OCH3 is 2. The number of carboxylic acids is 1. The molecule has 0 spiro atoms. The van der Waals surface area contributed by atoms with Gasteiger partial charge in [0.2, 0.25) is 0 Å². The van der Waals surface area contributed by atoms with Crippen LogP contribution in [0.15, 0.2) is 18.2 Å². The van der Waals surface area contributed by atoms with Crippen molar-refractivity contribution < 1.29 is 49.5 Å². The van der Waals surface area contributed by atoms with E-state index in [0.717, 1.165) is 13.2 Å². The van der Waals surface area contributed by atoms with Gasteiger partial charge in [0, 0.05) is 6.07 Å². The molecule has 0 aliphatic rings. The van der Waals surface area contributed by atoms with Gasteiger partial charge in [-0.05, 0) is 24.6 Å². The lowest BCUT2D eigenvalue weighted by molar-refractivity contribution is 0.0258. The third-order valence-corrected chi connectivity index (χ3v) is 3.66. The Morgan fingerprint density at radius 2 is 1.61 bits per heavy atom. The summed E-state index contributed by atoms with van der Waals surface area (Å²) in [6.07, 6.45) is 0. The van der Waals surface area contributed by atoms with Gasteiger partial charge in [0.05, 0.1) is 14.2 Å². The molecule has 0 unspecified atom stereocenters. The Morgan fingerprint density at radius 3 is 2.11 bits per heavy atom. The van der Waals surface area contributed by atoms with Crippen LogP contribution in [0.25, 0.3) is 0 Å². The number of hydrogen-bond donors (Lipinski definition) is 5. The Balaban J connectivity index is 2.84. The highest BCUT2D eigenvalue weighted by molar-refractivity contribution is 6.01. The van der Waals surface area contributed by atoms with E-state index in [9.17, 15) is 35.3 Å². The summed E-state index contributed by atoms with van der Waals surface area (Å²) in [4.78, 5) is 23.8. The number of aromatic carboxylic acids is 1. The molecule has 0 aromatic heterocycles. The third-order valence-electron chi connectivity index (χ3n) is 3.66. The second-order valence-corrected chi connectivity index (χ2v) is 5.50. The van der Waals surface area contributed by atoms with E-state index in [1.165, 1.54) is 19.2 Å². The zero-order chi connectivity index (χ0) is 21.2. The van der Waals surface area contributed by atoms with Crippen molar-refractivity contribution >= 4 is 17.6 Å². The molecule has 2 aromatic rings. The average Bonchev–Trinajstić information content (AvgIpc) is 2.60. The molecule has 5 N–H and O–H groups in total. The molecule has 2 rings (SSSR count). The Labute approximate surface area is 158 Å². The molecule has 0 aliphatic heterocycles. The zero-order valence-electron chi connectivity index (χ0n) is 15.0. The quantitative estimate of drug-likeness (QED) is 0.359. The van der Waals surface area contributed by atoms with Crippen LogP contribution in [0.2, 0.25) is 0 Å². The molecule has 0 heterocycles. The third kappa shape index (κ3) is 3.70. The van der Waals surface area contributed by atoms with E-state index in [2.05, 4.69) is 4.74 Å². The van der Waals surface area contributed by atoms with Gasteiger partial charge >= 0.3 is 11.9 Å². The summed E-state index contributed by atoms with van der Waals surface area (Å²) in [6, 6.07) is 3.37.